The van der Waals surface area contributed by atoms with Crippen molar-refractivity contribution in [2.45, 2.75) is 92.4 Å². The lowest BCUT2D eigenvalue weighted by Gasteiger charge is -2.44. The first kappa shape index (κ1) is 44.9. The Bertz CT molecular complexity index is 3590. The highest BCUT2D eigenvalue weighted by Crippen LogP contribution is 2.62. The minimum absolute atomic E-state index is 0.0130. The van der Waals surface area contributed by atoms with Gasteiger partial charge >= 0.3 is 6.85 Å². The normalized spacial score (nSPS) is 15.2. The Hall–Kier alpha value is -7.30. The minimum Gasteiger partial charge on any atom is -0.375 e. The Labute approximate surface area is 421 Å². The predicted octanol–water partition coefficient (Wildman–Crippen LogP) is 17.5. The van der Waals surface area contributed by atoms with Gasteiger partial charge in [-0.25, -0.2) is 0 Å². The van der Waals surface area contributed by atoms with E-state index in [0.717, 1.165) is 11.4 Å². The maximum Gasteiger partial charge on any atom is 0.329 e. The number of fused-ring (bicyclic) bond motifs is 6. The van der Waals surface area contributed by atoms with Gasteiger partial charge in [-0.2, -0.15) is 0 Å². The van der Waals surface area contributed by atoms with Crippen LogP contribution in [-0.2, 0) is 16.2 Å². The fourth-order valence-corrected chi connectivity index (χ4v) is 12.2. The summed E-state index contributed by atoms with van der Waals surface area (Å²) in [5, 5.41) is 2.56. The van der Waals surface area contributed by atoms with E-state index in [1.54, 1.807) is 0 Å². The Morgan fingerprint density at radius 1 is 0.493 bits per heavy atom. The number of hydrogen-bond donors (Lipinski definition) is 0. The quantitative estimate of drug-likeness (QED) is 0.154. The molecule has 1 aliphatic carbocycles. The molecule has 8 aromatic carbocycles. The van der Waals surface area contributed by atoms with E-state index in [4.69, 9.17) is 0 Å². The van der Waals surface area contributed by atoms with Gasteiger partial charge in [0.25, 0.3) is 0 Å². The van der Waals surface area contributed by atoms with Gasteiger partial charge in [0.1, 0.15) is 0 Å². The summed E-state index contributed by atoms with van der Waals surface area (Å²) in [6, 6.07) is 71.2. The first-order valence-electron chi connectivity index (χ1n) is 25.6. The number of anilines is 5. The topological polar surface area (TPSA) is 11.4 Å². The first-order chi connectivity index (χ1) is 33.9. The van der Waals surface area contributed by atoms with Crippen LogP contribution < -0.4 is 15.3 Å². The van der Waals surface area contributed by atoms with Crippen molar-refractivity contribution in [3.8, 4) is 11.1 Å². The third-order valence-corrected chi connectivity index (χ3v) is 15.8. The largest absolute Gasteiger partial charge is 0.375 e. The number of hydrogen-bond acceptors (Lipinski definition) is 2. The minimum atomic E-state index is -0.419. The highest BCUT2D eigenvalue weighted by atomic mass is 15.2. The lowest BCUT2D eigenvalue weighted by Crippen LogP contribution is -2.52. The molecule has 0 spiro atoms. The number of nitrogens with zero attached hydrogens (tertiary/aromatic N) is 3. The summed E-state index contributed by atoms with van der Waals surface area (Å²) in [4.78, 5) is 5.16. The predicted molar refractivity (Wildman–Crippen MR) is 306 cm³/mol. The van der Waals surface area contributed by atoms with E-state index in [1.807, 2.05) is 0 Å². The third kappa shape index (κ3) is 6.92. The number of rotatable bonds is 6. The second-order valence-corrected chi connectivity index (χ2v) is 23.8. The molecule has 3 nitrogen and oxygen atoms in total. The van der Waals surface area contributed by atoms with Gasteiger partial charge in [0.2, 0.25) is 0 Å². The van der Waals surface area contributed by atoms with E-state index in [-0.39, 0.29) is 23.1 Å². The molecular weight excluding hydrogens is 858 g/mol. The zero-order chi connectivity index (χ0) is 49.4. The van der Waals surface area contributed by atoms with Crippen molar-refractivity contribution >= 4 is 73.7 Å². The van der Waals surface area contributed by atoms with Crippen LogP contribution in [-0.4, -0.2) is 11.3 Å². The zero-order valence-corrected chi connectivity index (χ0v) is 43.3. The SMILES string of the molecule is CC1(C)C2=C(C(c3ccccc3)=C1c1ccccc1)N(c1ccc(C(C)(C)C)cc1)c1cc(C(C)(C)C)cc3c1B2n1c2ccc(C(C)(C)C)cc2c2c(N(c4ccccc4)c4ccccc4)ccc-3c21. The molecule has 350 valence electrons. The molecule has 9 aromatic rings. The van der Waals surface area contributed by atoms with Crippen LogP contribution >= 0.6 is 0 Å². The Morgan fingerprint density at radius 3 is 1.59 bits per heavy atom. The molecule has 71 heavy (non-hydrogen) atoms. The molecule has 3 aliphatic rings. The third-order valence-electron chi connectivity index (χ3n) is 15.8. The molecule has 0 saturated carbocycles. The van der Waals surface area contributed by atoms with Crippen molar-refractivity contribution in [3.05, 3.63) is 227 Å². The second-order valence-electron chi connectivity index (χ2n) is 23.8. The van der Waals surface area contributed by atoms with Crippen molar-refractivity contribution in [1.29, 1.82) is 0 Å². The van der Waals surface area contributed by atoms with Crippen LogP contribution in [0.1, 0.15) is 104 Å². The van der Waals surface area contributed by atoms with Gasteiger partial charge in [-0.1, -0.05) is 204 Å². The number of benzene rings is 8. The molecule has 0 fully saturated rings. The van der Waals surface area contributed by atoms with Crippen LogP contribution in [0.2, 0.25) is 0 Å². The smallest absolute Gasteiger partial charge is 0.329 e. The van der Waals surface area contributed by atoms with Crippen LogP contribution in [0.25, 0.3) is 44.1 Å². The molecule has 3 heterocycles. The van der Waals surface area contributed by atoms with Crippen molar-refractivity contribution < 1.29 is 0 Å². The standard InChI is InChI=1S/C67H64BN3/c1-64(2,3)45-32-35-50(36-33-45)70-56-42-47(66(7,8)9)41-52-51-37-39-55(69(48-28-20-14-21-29-48)49-30-22-15-23-31-49)58-53-40-46(65(4,5)6)34-38-54(53)71(61(51)58)68(60(52)56)63-62(70)57(43-24-16-12-17-25-43)59(67(63,10)11)44-26-18-13-19-27-44/h12-42H,1-11H3. The summed E-state index contributed by atoms with van der Waals surface area (Å²) >= 11 is 0. The molecular formula is C67H64BN3. The summed E-state index contributed by atoms with van der Waals surface area (Å²) in [6.45, 7) is 26.0. The summed E-state index contributed by atoms with van der Waals surface area (Å²) < 4.78 is 2.79. The van der Waals surface area contributed by atoms with Crippen LogP contribution in [0.5, 0.6) is 0 Å². The van der Waals surface area contributed by atoms with Gasteiger partial charge in [0, 0.05) is 66.8 Å². The molecule has 12 rings (SSSR count). The highest BCUT2D eigenvalue weighted by molar-refractivity contribution is 6.85. The maximum atomic E-state index is 2.79. The van der Waals surface area contributed by atoms with Crippen molar-refractivity contribution in [3.63, 3.8) is 0 Å². The molecule has 0 N–H and O–H groups in total. The Morgan fingerprint density at radius 2 is 1.03 bits per heavy atom. The zero-order valence-electron chi connectivity index (χ0n) is 43.3. The molecule has 2 aliphatic heterocycles. The lowest BCUT2D eigenvalue weighted by molar-refractivity contribution is 0.589. The highest BCUT2D eigenvalue weighted by Gasteiger charge is 2.55. The van der Waals surface area contributed by atoms with Gasteiger partial charge in [-0.05, 0) is 127 Å². The molecule has 1 aromatic heterocycles. The van der Waals surface area contributed by atoms with Gasteiger partial charge < -0.3 is 14.3 Å². The molecule has 0 atom stereocenters. The molecule has 4 heteroatoms. The fourth-order valence-electron chi connectivity index (χ4n) is 12.2. The molecule has 0 amide bonds. The van der Waals surface area contributed by atoms with Crippen LogP contribution in [0.4, 0.5) is 28.4 Å². The van der Waals surface area contributed by atoms with Crippen molar-refractivity contribution in [2.75, 3.05) is 9.80 Å². The van der Waals surface area contributed by atoms with Gasteiger partial charge in [0.05, 0.1) is 5.69 Å². The Kier molecular flexibility index (Phi) is 10.0. The van der Waals surface area contributed by atoms with E-state index < -0.39 is 5.41 Å². The second kappa shape index (κ2) is 15.9. The number of aromatic nitrogens is 1. The van der Waals surface area contributed by atoms with Gasteiger partial charge in [0.15, 0.2) is 0 Å². The van der Waals surface area contributed by atoms with E-state index in [9.17, 15) is 0 Å². The lowest BCUT2D eigenvalue weighted by atomic mass is 9.40. The van der Waals surface area contributed by atoms with E-state index >= 15 is 0 Å². The fraction of sp³-hybridized carbons (Fsp3) is 0.224. The summed E-state index contributed by atoms with van der Waals surface area (Å²) in [5.41, 5.74) is 23.6. The Balaban J connectivity index is 1.28. The number of allylic oxidation sites excluding steroid dienone is 3. The molecule has 0 radical (unpaired) electrons. The van der Waals surface area contributed by atoms with Crippen molar-refractivity contribution in [2.24, 2.45) is 5.41 Å². The first-order valence-corrected chi connectivity index (χ1v) is 25.6. The van der Waals surface area contributed by atoms with E-state index in [1.165, 1.54) is 106 Å². The average molecular weight is 922 g/mol. The summed E-state index contributed by atoms with van der Waals surface area (Å²) in [7, 11) is 0. The van der Waals surface area contributed by atoms with E-state index in [0.29, 0.717) is 0 Å². The monoisotopic (exact) mass is 922 g/mol. The maximum absolute atomic E-state index is 2.79. The summed E-state index contributed by atoms with van der Waals surface area (Å²) in [5.74, 6) is 0. The average Bonchev–Trinajstić information content (AvgIpc) is 3.82. The van der Waals surface area contributed by atoms with Gasteiger partial charge in [-0.3, -0.25) is 0 Å². The van der Waals surface area contributed by atoms with E-state index in [2.05, 4.69) is 278 Å². The molecule has 0 saturated heterocycles. The van der Waals surface area contributed by atoms with Crippen molar-refractivity contribution in [1.82, 2.24) is 4.48 Å². The molecule has 0 unspecified atom stereocenters. The van der Waals surface area contributed by atoms with Gasteiger partial charge in [-0.15, -0.1) is 0 Å². The van der Waals surface area contributed by atoms with Crippen LogP contribution in [0.15, 0.2) is 199 Å². The molecule has 0 bridgehead atoms. The van der Waals surface area contributed by atoms with Crippen LogP contribution in [0, 0.1) is 5.41 Å². The summed E-state index contributed by atoms with van der Waals surface area (Å²) in [6.07, 6.45) is 0. The van der Waals surface area contributed by atoms with Crippen LogP contribution in [0.3, 0.4) is 0 Å². The number of para-hydroxylation sites is 2.